The van der Waals surface area contributed by atoms with Crippen LogP contribution in [0.3, 0.4) is 0 Å². The zero-order chi connectivity index (χ0) is 16.2. The van der Waals surface area contributed by atoms with Gasteiger partial charge >= 0.3 is 6.09 Å². The highest BCUT2D eigenvalue weighted by molar-refractivity contribution is 5.80. The number of hydrogen-bond acceptors (Lipinski definition) is 3. The second kappa shape index (κ2) is 6.81. The first-order chi connectivity index (χ1) is 11.1. The Morgan fingerprint density at radius 3 is 2.83 bits per heavy atom. The van der Waals surface area contributed by atoms with Crippen molar-refractivity contribution >= 4 is 22.8 Å². The van der Waals surface area contributed by atoms with Crippen molar-refractivity contribution < 1.29 is 14.3 Å². The maximum Gasteiger partial charge on any atom is 0.404 e. The average Bonchev–Trinajstić information content (AvgIpc) is 2.55. The van der Waals surface area contributed by atoms with Crippen molar-refractivity contribution in [3.8, 4) is 0 Å². The molecule has 1 aliphatic rings. The maximum atomic E-state index is 13.2. The van der Waals surface area contributed by atoms with E-state index in [4.69, 9.17) is 5.11 Å². The first-order valence-electron chi connectivity index (χ1n) is 7.90. The van der Waals surface area contributed by atoms with Crippen LogP contribution in [-0.2, 0) is 0 Å². The van der Waals surface area contributed by atoms with Gasteiger partial charge < -0.3 is 15.3 Å². The minimum atomic E-state index is -0.959. The Bertz CT molecular complexity index is 699. The first-order valence-corrected chi connectivity index (χ1v) is 7.90. The van der Waals surface area contributed by atoms with Crippen LogP contribution in [0, 0.1) is 11.7 Å². The minimum absolute atomic E-state index is 0.247. The third-order valence-electron chi connectivity index (χ3n) is 4.40. The van der Waals surface area contributed by atoms with Gasteiger partial charge in [-0.05, 0) is 55.5 Å². The van der Waals surface area contributed by atoms with Crippen LogP contribution < -0.4 is 10.2 Å². The van der Waals surface area contributed by atoms with E-state index in [-0.39, 0.29) is 5.82 Å². The van der Waals surface area contributed by atoms with Gasteiger partial charge in [0.2, 0.25) is 0 Å². The molecule has 5 nitrogen and oxygen atoms in total. The van der Waals surface area contributed by atoms with E-state index in [9.17, 15) is 9.18 Å². The van der Waals surface area contributed by atoms with Crippen LogP contribution in [-0.4, -0.2) is 35.8 Å². The highest BCUT2D eigenvalue weighted by atomic mass is 19.1. The lowest BCUT2D eigenvalue weighted by Crippen LogP contribution is -2.35. The number of halogens is 1. The summed E-state index contributed by atoms with van der Waals surface area (Å²) in [5.74, 6) is 1.22. The molecule has 0 spiro atoms. The largest absolute Gasteiger partial charge is 0.465 e. The Balaban J connectivity index is 1.59. The number of nitrogens with one attached hydrogen (secondary N) is 1. The number of hydrogen-bond donors (Lipinski definition) is 2. The summed E-state index contributed by atoms with van der Waals surface area (Å²) in [6.07, 6.45) is 1.98. The molecule has 0 unspecified atom stereocenters. The predicted molar refractivity (Wildman–Crippen MR) is 87.3 cm³/mol. The summed E-state index contributed by atoms with van der Waals surface area (Å²) in [7, 11) is 0. The lowest BCUT2D eigenvalue weighted by Gasteiger charge is -2.33. The molecule has 3 rings (SSSR count). The number of amides is 1. The summed E-state index contributed by atoms with van der Waals surface area (Å²) in [5, 5.41) is 11.8. The molecule has 122 valence electrons. The maximum absolute atomic E-state index is 13.2. The Morgan fingerprint density at radius 1 is 1.30 bits per heavy atom. The van der Waals surface area contributed by atoms with Crippen molar-refractivity contribution in [2.75, 3.05) is 24.5 Å². The highest BCUT2D eigenvalue weighted by Crippen LogP contribution is 2.25. The van der Waals surface area contributed by atoms with Crippen molar-refractivity contribution in [1.82, 2.24) is 10.3 Å². The number of pyridine rings is 1. The number of carboxylic acid groups (broad SMARTS) is 1. The number of benzene rings is 1. The van der Waals surface area contributed by atoms with Gasteiger partial charge in [-0.1, -0.05) is 0 Å². The van der Waals surface area contributed by atoms with Gasteiger partial charge in [0.15, 0.2) is 0 Å². The number of anilines is 1. The van der Waals surface area contributed by atoms with E-state index in [1.54, 1.807) is 6.07 Å². The third kappa shape index (κ3) is 3.88. The van der Waals surface area contributed by atoms with Gasteiger partial charge in [0.05, 0.1) is 5.52 Å². The average molecular weight is 317 g/mol. The predicted octanol–water partition coefficient (Wildman–Crippen LogP) is 3.25. The van der Waals surface area contributed by atoms with E-state index in [1.807, 2.05) is 12.1 Å². The van der Waals surface area contributed by atoms with Gasteiger partial charge in [0.1, 0.15) is 11.6 Å². The lowest BCUT2D eigenvalue weighted by molar-refractivity contribution is 0.193. The van der Waals surface area contributed by atoms with Crippen molar-refractivity contribution in [1.29, 1.82) is 0 Å². The summed E-state index contributed by atoms with van der Waals surface area (Å²) >= 11 is 0. The fourth-order valence-corrected chi connectivity index (χ4v) is 3.10. The molecule has 1 fully saturated rings. The smallest absolute Gasteiger partial charge is 0.404 e. The van der Waals surface area contributed by atoms with Gasteiger partial charge in [-0.25, -0.2) is 14.2 Å². The van der Waals surface area contributed by atoms with Crippen LogP contribution in [0.4, 0.5) is 15.0 Å². The fourth-order valence-electron chi connectivity index (χ4n) is 3.10. The molecular weight excluding hydrogens is 297 g/mol. The molecule has 0 aliphatic carbocycles. The number of nitrogens with zero attached hydrogens (tertiary/aromatic N) is 2. The SMILES string of the molecule is O=C(O)NCCC1CCN(c2ccc3cc(F)ccc3n2)CC1. The second-order valence-corrected chi connectivity index (χ2v) is 5.96. The highest BCUT2D eigenvalue weighted by Gasteiger charge is 2.20. The molecule has 1 aromatic carbocycles. The van der Waals surface area contributed by atoms with Gasteiger partial charge in [0, 0.05) is 25.0 Å². The lowest BCUT2D eigenvalue weighted by atomic mass is 9.93. The zero-order valence-electron chi connectivity index (χ0n) is 12.8. The van der Waals surface area contributed by atoms with E-state index < -0.39 is 6.09 Å². The van der Waals surface area contributed by atoms with Crippen molar-refractivity contribution in [2.24, 2.45) is 5.92 Å². The van der Waals surface area contributed by atoms with Crippen molar-refractivity contribution in [3.63, 3.8) is 0 Å². The standard InChI is InChI=1S/C17H20FN3O2/c18-14-2-3-15-13(11-14)1-4-16(20-15)21-9-6-12(7-10-21)5-8-19-17(22)23/h1-4,11-12,19H,5-10H2,(H,22,23). The van der Waals surface area contributed by atoms with Crippen LogP contribution in [0.5, 0.6) is 0 Å². The quantitative estimate of drug-likeness (QED) is 0.908. The number of aromatic nitrogens is 1. The Labute approximate surface area is 134 Å². The van der Waals surface area contributed by atoms with E-state index in [1.165, 1.54) is 12.1 Å². The zero-order valence-corrected chi connectivity index (χ0v) is 12.8. The van der Waals surface area contributed by atoms with Crippen molar-refractivity contribution in [2.45, 2.75) is 19.3 Å². The van der Waals surface area contributed by atoms with Crippen LogP contribution in [0.25, 0.3) is 10.9 Å². The number of fused-ring (bicyclic) bond motifs is 1. The van der Waals surface area contributed by atoms with Crippen LogP contribution in [0.15, 0.2) is 30.3 Å². The van der Waals surface area contributed by atoms with Crippen molar-refractivity contribution in [3.05, 3.63) is 36.1 Å². The van der Waals surface area contributed by atoms with E-state index in [2.05, 4.69) is 15.2 Å². The normalized spacial score (nSPS) is 15.8. The van der Waals surface area contributed by atoms with Gasteiger partial charge in [-0.2, -0.15) is 0 Å². The molecule has 1 amide bonds. The number of piperidine rings is 1. The van der Waals surface area contributed by atoms with E-state index in [0.717, 1.165) is 49.1 Å². The molecule has 1 saturated heterocycles. The molecule has 2 heterocycles. The summed E-state index contributed by atoms with van der Waals surface area (Å²) in [6.45, 7) is 2.34. The minimum Gasteiger partial charge on any atom is -0.465 e. The molecule has 0 bridgehead atoms. The van der Waals surface area contributed by atoms with E-state index in [0.29, 0.717) is 12.5 Å². The molecule has 2 aromatic rings. The molecule has 0 atom stereocenters. The summed E-state index contributed by atoms with van der Waals surface area (Å²) in [4.78, 5) is 17.3. The Hall–Kier alpha value is -2.37. The molecule has 2 N–H and O–H groups in total. The summed E-state index contributed by atoms with van der Waals surface area (Å²) in [5.41, 5.74) is 0.802. The molecule has 1 aromatic heterocycles. The van der Waals surface area contributed by atoms with Gasteiger partial charge in [-0.15, -0.1) is 0 Å². The van der Waals surface area contributed by atoms with Crippen LogP contribution in [0.2, 0.25) is 0 Å². The number of carbonyl (C=O) groups is 1. The fraction of sp³-hybridized carbons (Fsp3) is 0.412. The molecule has 0 saturated carbocycles. The van der Waals surface area contributed by atoms with Crippen LogP contribution in [0.1, 0.15) is 19.3 Å². The molecule has 1 aliphatic heterocycles. The Kier molecular flexibility index (Phi) is 4.60. The monoisotopic (exact) mass is 317 g/mol. The first kappa shape index (κ1) is 15.5. The third-order valence-corrected chi connectivity index (χ3v) is 4.40. The van der Waals surface area contributed by atoms with E-state index >= 15 is 0 Å². The molecular formula is C17H20FN3O2. The summed E-state index contributed by atoms with van der Waals surface area (Å²) < 4.78 is 13.2. The van der Waals surface area contributed by atoms with Gasteiger partial charge in [0.25, 0.3) is 0 Å². The summed E-state index contributed by atoms with van der Waals surface area (Å²) in [6, 6.07) is 8.48. The second-order valence-electron chi connectivity index (χ2n) is 5.96. The van der Waals surface area contributed by atoms with Gasteiger partial charge in [-0.3, -0.25) is 0 Å². The molecule has 0 radical (unpaired) electrons. The van der Waals surface area contributed by atoms with Crippen LogP contribution >= 0.6 is 0 Å². The Morgan fingerprint density at radius 2 is 2.09 bits per heavy atom. The molecule has 23 heavy (non-hydrogen) atoms. The number of rotatable bonds is 4. The molecule has 6 heteroatoms. The topological polar surface area (TPSA) is 65.5 Å².